The van der Waals surface area contributed by atoms with Gasteiger partial charge in [-0.05, 0) is 24.6 Å². The van der Waals surface area contributed by atoms with Crippen LogP contribution < -0.4 is 20.4 Å². The third-order valence-electron chi connectivity index (χ3n) is 3.31. The predicted octanol–water partition coefficient (Wildman–Crippen LogP) is 0.306. The van der Waals surface area contributed by atoms with Crippen LogP contribution in [0.25, 0.3) is 0 Å². The van der Waals surface area contributed by atoms with E-state index in [1.54, 1.807) is 6.07 Å². The van der Waals surface area contributed by atoms with Crippen LogP contribution in [0.4, 0.5) is 0 Å². The van der Waals surface area contributed by atoms with Crippen LogP contribution in [-0.4, -0.2) is 55.6 Å². The average molecular weight is 325 g/mol. The van der Waals surface area contributed by atoms with Gasteiger partial charge < -0.3 is 14.2 Å². The molecule has 23 heavy (non-hydrogen) atoms. The summed E-state index contributed by atoms with van der Waals surface area (Å²) < 4.78 is 16.2. The fourth-order valence-electron chi connectivity index (χ4n) is 2.15. The summed E-state index contributed by atoms with van der Waals surface area (Å²) in [5.41, 5.74) is 5.91. The van der Waals surface area contributed by atoms with Gasteiger partial charge in [0, 0.05) is 19.6 Å². The Kier molecular flexibility index (Phi) is 7.08. The summed E-state index contributed by atoms with van der Waals surface area (Å²) in [6, 6.07) is 5.54. The Morgan fingerprint density at radius 3 is 2.78 bits per heavy atom. The van der Waals surface area contributed by atoms with Crippen molar-refractivity contribution < 1.29 is 24.2 Å². The number of rotatable bonds is 8. The fraction of sp³-hybridized carbons (Fsp3) is 0.533. The van der Waals surface area contributed by atoms with Crippen LogP contribution in [0.2, 0.25) is 0 Å². The monoisotopic (exact) mass is 325 g/mol. The maximum Gasteiger partial charge on any atom is 0.281 e. The number of hydrogen-bond acceptors (Lipinski definition) is 7. The first-order valence-corrected chi connectivity index (χ1v) is 7.60. The first-order valence-electron chi connectivity index (χ1n) is 7.60. The molecule has 0 spiro atoms. The van der Waals surface area contributed by atoms with Crippen molar-refractivity contribution in [1.82, 2.24) is 15.9 Å². The van der Waals surface area contributed by atoms with E-state index < -0.39 is 5.91 Å². The summed E-state index contributed by atoms with van der Waals surface area (Å²) in [6.45, 7) is 5.94. The Bertz CT molecular complexity index is 506. The lowest BCUT2D eigenvalue weighted by Crippen LogP contribution is -2.45. The molecule has 8 heteroatoms. The Morgan fingerprint density at radius 1 is 1.30 bits per heavy atom. The van der Waals surface area contributed by atoms with E-state index in [9.17, 15) is 4.79 Å². The van der Waals surface area contributed by atoms with Crippen molar-refractivity contribution in [3.05, 3.63) is 23.8 Å². The number of nitrogens with zero attached hydrogens (tertiary/aromatic N) is 1. The molecule has 8 nitrogen and oxygen atoms in total. The van der Waals surface area contributed by atoms with E-state index in [-0.39, 0.29) is 6.61 Å². The van der Waals surface area contributed by atoms with Crippen molar-refractivity contribution in [2.45, 2.75) is 13.5 Å². The Hall–Kier alpha value is -1.87. The maximum atomic E-state index is 11.0. The molecule has 1 aliphatic rings. The molecule has 0 unspecified atom stereocenters. The number of hydrogen-bond donors (Lipinski definition) is 3. The van der Waals surface area contributed by atoms with Gasteiger partial charge in [0.1, 0.15) is 0 Å². The van der Waals surface area contributed by atoms with E-state index >= 15 is 0 Å². The number of carbonyl (C=O) groups excluding carboxylic acids is 1. The Balaban J connectivity index is 1.95. The van der Waals surface area contributed by atoms with Gasteiger partial charge in [-0.15, -0.1) is 0 Å². The van der Waals surface area contributed by atoms with Crippen molar-refractivity contribution >= 4 is 5.91 Å². The van der Waals surface area contributed by atoms with Crippen molar-refractivity contribution in [3.8, 4) is 11.5 Å². The molecule has 1 aromatic rings. The van der Waals surface area contributed by atoms with Crippen molar-refractivity contribution in [2.24, 2.45) is 0 Å². The van der Waals surface area contributed by atoms with Crippen LogP contribution in [-0.2, 0) is 16.1 Å². The highest BCUT2D eigenvalue weighted by Crippen LogP contribution is 2.28. The highest BCUT2D eigenvalue weighted by Gasteiger charge is 2.12. The highest BCUT2D eigenvalue weighted by molar-refractivity contribution is 5.76. The molecule has 0 bridgehead atoms. The van der Waals surface area contributed by atoms with E-state index in [1.165, 1.54) is 5.48 Å². The number of benzene rings is 1. The van der Waals surface area contributed by atoms with E-state index in [4.69, 9.17) is 19.4 Å². The minimum Gasteiger partial charge on any atom is -0.490 e. The van der Waals surface area contributed by atoms with Gasteiger partial charge in [0.25, 0.3) is 5.91 Å². The Morgan fingerprint density at radius 2 is 2.09 bits per heavy atom. The summed E-state index contributed by atoms with van der Waals surface area (Å²) in [7, 11) is 0. The van der Waals surface area contributed by atoms with E-state index in [2.05, 4.69) is 10.4 Å². The minimum absolute atomic E-state index is 0.276. The lowest BCUT2D eigenvalue weighted by atomic mass is 10.2. The third-order valence-corrected chi connectivity index (χ3v) is 3.31. The summed E-state index contributed by atoms with van der Waals surface area (Å²) >= 11 is 0. The van der Waals surface area contributed by atoms with Crippen LogP contribution in [0.1, 0.15) is 12.5 Å². The molecule has 0 radical (unpaired) electrons. The maximum absolute atomic E-state index is 11.0. The molecule has 0 aromatic heterocycles. The van der Waals surface area contributed by atoms with Gasteiger partial charge in [0.15, 0.2) is 18.1 Å². The smallest absolute Gasteiger partial charge is 0.281 e. The second kappa shape index (κ2) is 9.31. The summed E-state index contributed by atoms with van der Waals surface area (Å²) in [5, 5.41) is 10.6. The van der Waals surface area contributed by atoms with Gasteiger partial charge in [0.2, 0.25) is 0 Å². The number of hydrazine groups is 1. The van der Waals surface area contributed by atoms with Gasteiger partial charge in [-0.1, -0.05) is 6.07 Å². The summed E-state index contributed by atoms with van der Waals surface area (Å²) in [4.78, 5) is 11.0. The molecule has 0 aliphatic carbocycles. The van der Waals surface area contributed by atoms with Crippen LogP contribution in [0.3, 0.4) is 0 Å². The van der Waals surface area contributed by atoms with Crippen LogP contribution >= 0.6 is 0 Å². The molecular formula is C15H23N3O5. The van der Waals surface area contributed by atoms with E-state index in [1.807, 2.05) is 19.1 Å². The SMILES string of the molecule is CCOc1cc(CNN2CCOCC2)ccc1OCC(=O)NO. The van der Waals surface area contributed by atoms with Crippen LogP contribution in [0.5, 0.6) is 11.5 Å². The molecular weight excluding hydrogens is 302 g/mol. The zero-order valence-electron chi connectivity index (χ0n) is 13.2. The molecule has 1 amide bonds. The molecule has 1 aromatic carbocycles. The van der Waals surface area contributed by atoms with E-state index in [0.29, 0.717) is 24.7 Å². The number of morpholine rings is 1. The predicted molar refractivity (Wildman–Crippen MR) is 82.3 cm³/mol. The first kappa shape index (κ1) is 17.5. The molecule has 1 fully saturated rings. The molecule has 2 rings (SSSR count). The molecule has 0 saturated carbocycles. The second-order valence-electron chi connectivity index (χ2n) is 4.97. The normalized spacial score (nSPS) is 15.2. The van der Waals surface area contributed by atoms with Crippen molar-refractivity contribution in [3.63, 3.8) is 0 Å². The fourth-order valence-corrected chi connectivity index (χ4v) is 2.15. The lowest BCUT2D eigenvalue weighted by Gasteiger charge is -2.27. The number of amides is 1. The topological polar surface area (TPSA) is 92.3 Å². The van der Waals surface area contributed by atoms with Gasteiger partial charge in [-0.2, -0.15) is 0 Å². The minimum atomic E-state index is -0.620. The van der Waals surface area contributed by atoms with Crippen LogP contribution in [0, 0.1) is 0 Å². The number of hydroxylamine groups is 1. The Labute approximate surface area is 135 Å². The third kappa shape index (κ3) is 5.68. The quantitative estimate of drug-likeness (QED) is 0.468. The average Bonchev–Trinajstić information content (AvgIpc) is 2.60. The zero-order valence-corrected chi connectivity index (χ0v) is 13.2. The van der Waals surface area contributed by atoms with Crippen LogP contribution in [0.15, 0.2) is 18.2 Å². The molecule has 3 N–H and O–H groups in total. The van der Waals surface area contributed by atoms with Gasteiger partial charge in [-0.25, -0.2) is 10.5 Å². The van der Waals surface area contributed by atoms with Gasteiger partial charge in [0.05, 0.1) is 19.8 Å². The second-order valence-corrected chi connectivity index (χ2v) is 4.97. The van der Waals surface area contributed by atoms with Gasteiger partial charge in [-0.3, -0.25) is 15.4 Å². The number of ether oxygens (including phenoxy) is 3. The first-order chi connectivity index (χ1) is 11.2. The van der Waals surface area contributed by atoms with Crippen molar-refractivity contribution in [2.75, 3.05) is 39.5 Å². The number of carbonyl (C=O) groups is 1. The molecule has 1 aliphatic heterocycles. The number of nitrogens with one attached hydrogen (secondary N) is 2. The summed E-state index contributed by atoms with van der Waals surface area (Å²) in [6.07, 6.45) is 0. The molecule has 1 saturated heterocycles. The summed E-state index contributed by atoms with van der Waals surface area (Å²) in [5.74, 6) is 0.413. The lowest BCUT2D eigenvalue weighted by molar-refractivity contribution is -0.131. The van der Waals surface area contributed by atoms with E-state index in [0.717, 1.165) is 31.9 Å². The largest absolute Gasteiger partial charge is 0.490 e. The standard InChI is InChI=1S/C15H23N3O5/c1-2-22-14-9-12(10-16-18-5-7-21-8-6-18)3-4-13(14)23-11-15(19)17-20/h3-4,9,16,20H,2,5-8,10-11H2,1H3,(H,17,19). The molecule has 128 valence electrons. The molecule has 1 heterocycles. The van der Waals surface area contributed by atoms with Crippen molar-refractivity contribution in [1.29, 1.82) is 0 Å². The highest BCUT2D eigenvalue weighted by atomic mass is 16.5. The molecule has 0 atom stereocenters. The van der Waals surface area contributed by atoms with Gasteiger partial charge >= 0.3 is 0 Å². The zero-order chi connectivity index (χ0) is 16.5.